The fourth-order valence-corrected chi connectivity index (χ4v) is 4.34. The second-order valence-corrected chi connectivity index (χ2v) is 8.08. The van der Waals surface area contributed by atoms with Gasteiger partial charge in [-0.15, -0.1) is 0 Å². The van der Waals surface area contributed by atoms with Gasteiger partial charge in [-0.1, -0.05) is 0 Å². The lowest BCUT2D eigenvalue weighted by Crippen LogP contribution is -2.59. The molecule has 3 fully saturated rings. The smallest absolute Gasteiger partial charge is 0.255 e. The van der Waals surface area contributed by atoms with Crippen LogP contribution in [0.1, 0.15) is 67.2 Å². The molecule has 5 nitrogen and oxygen atoms in total. The second-order valence-electron chi connectivity index (χ2n) is 8.08. The largest absolute Gasteiger partial charge is 0.378 e. The summed E-state index contributed by atoms with van der Waals surface area (Å²) in [6, 6.07) is 4.01. The summed E-state index contributed by atoms with van der Waals surface area (Å²) in [7, 11) is 0. The Labute approximate surface area is 149 Å². The standard InChI is InChI=1S/C20H28N2O3/c1-13-10-20(8-9-24-13)12-22(11-14(2)25-20)19(23)17-6-7-18(16-4-5-16)21-15(17)3/h6-7,13-14,16H,4-5,8-12H2,1-3H3/t13-,14-,20-/m0/s1. The van der Waals surface area contributed by atoms with E-state index in [0.717, 1.165) is 29.8 Å². The molecule has 0 bridgehead atoms. The zero-order valence-corrected chi connectivity index (χ0v) is 15.5. The van der Waals surface area contributed by atoms with Gasteiger partial charge in [0.15, 0.2) is 0 Å². The molecule has 4 rings (SSSR count). The summed E-state index contributed by atoms with van der Waals surface area (Å²) in [5.41, 5.74) is 2.45. The van der Waals surface area contributed by atoms with Crippen LogP contribution in [0.25, 0.3) is 0 Å². The van der Waals surface area contributed by atoms with Gasteiger partial charge in [-0.25, -0.2) is 0 Å². The molecule has 25 heavy (non-hydrogen) atoms. The molecule has 2 aliphatic heterocycles. The fraction of sp³-hybridized carbons (Fsp3) is 0.700. The van der Waals surface area contributed by atoms with Crippen LogP contribution < -0.4 is 0 Å². The minimum atomic E-state index is -0.264. The number of nitrogens with zero attached hydrogens (tertiary/aromatic N) is 2. The quantitative estimate of drug-likeness (QED) is 0.827. The number of ether oxygens (including phenoxy) is 2. The van der Waals surface area contributed by atoms with Crippen molar-refractivity contribution in [2.45, 2.75) is 70.2 Å². The minimum absolute atomic E-state index is 0.0435. The molecule has 3 aliphatic rings. The number of amides is 1. The van der Waals surface area contributed by atoms with E-state index in [4.69, 9.17) is 9.47 Å². The number of carbonyl (C=O) groups excluding carboxylic acids is 1. The third-order valence-electron chi connectivity index (χ3n) is 5.65. The molecule has 1 aromatic heterocycles. The zero-order valence-electron chi connectivity index (χ0n) is 15.5. The molecular weight excluding hydrogens is 316 g/mol. The molecule has 1 aromatic rings. The summed E-state index contributed by atoms with van der Waals surface area (Å²) in [5, 5.41) is 0. The maximum Gasteiger partial charge on any atom is 0.255 e. The second kappa shape index (κ2) is 6.36. The highest BCUT2D eigenvalue weighted by Gasteiger charge is 2.44. The lowest BCUT2D eigenvalue weighted by molar-refractivity contribution is -0.189. The van der Waals surface area contributed by atoms with Crippen LogP contribution in [0.5, 0.6) is 0 Å². The molecule has 0 N–H and O–H groups in total. The summed E-state index contributed by atoms with van der Waals surface area (Å²) in [6.45, 7) is 8.08. The van der Waals surface area contributed by atoms with Crippen molar-refractivity contribution in [3.8, 4) is 0 Å². The Morgan fingerprint density at radius 1 is 1.28 bits per heavy atom. The summed E-state index contributed by atoms with van der Waals surface area (Å²) in [4.78, 5) is 19.8. The maximum absolute atomic E-state index is 13.2. The number of hydrogen-bond donors (Lipinski definition) is 0. The van der Waals surface area contributed by atoms with Crippen LogP contribution in [0.2, 0.25) is 0 Å². The number of carbonyl (C=O) groups is 1. The zero-order chi connectivity index (χ0) is 17.6. The van der Waals surface area contributed by atoms with Gasteiger partial charge in [0.05, 0.1) is 35.6 Å². The van der Waals surface area contributed by atoms with Crippen LogP contribution in [0.3, 0.4) is 0 Å². The first-order chi connectivity index (χ1) is 12.0. The third-order valence-corrected chi connectivity index (χ3v) is 5.65. The van der Waals surface area contributed by atoms with Gasteiger partial charge in [0, 0.05) is 37.6 Å². The monoisotopic (exact) mass is 344 g/mol. The van der Waals surface area contributed by atoms with E-state index in [-0.39, 0.29) is 23.7 Å². The summed E-state index contributed by atoms with van der Waals surface area (Å²) >= 11 is 0. The number of rotatable bonds is 2. The molecule has 0 aromatic carbocycles. The van der Waals surface area contributed by atoms with Gasteiger partial charge in [-0.2, -0.15) is 0 Å². The fourth-order valence-electron chi connectivity index (χ4n) is 4.34. The number of hydrogen-bond acceptors (Lipinski definition) is 4. The Kier molecular flexibility index (Phi) is 4.32. The average Bonchev–Trinajstić information content (AvgIpc) is 3.38. The van der Waals surface area contributed by atoms with Crippen LogP contribution in [0.4, 0.5) is 0 Å². The molecule has 0 unspecified atom stereocenters. The minimum Gasteiger partial charge on any atom is -0.378 e. The van der Waals surface area contributed by atoms with Crippen LogP contribution >= 0.6 is 0 Å². The molecule has 1 amide bonds. The van der Waals surface area contributed by atoms with Crippen LogP contribution in [0, 0.1) is 6.92 Å². The van der Waals surface area contributed by atoms with E-state index in [1.54, 1.807) is 0 Å². The van der Waals surface area contributed by atoms with Crippen LogP contribution in [0.15, 0.2) is 12.1 Å². The first-order valence-corrected chi connectivity index (χ1v) is 9.52. The van der Waals surface area contributed by atoms with Crippen molar-refractivity contribution in [3.63, 3.8) is 0 Å². The Bertz CT molecular complexity index is 669. The molecule has 1 spiro atoms. The normalized spacial score (nSPS) is 32.8. The van der Waals surface area contributed by atoms with E-state index < -0.39 is 0 Å². The van der Waals surface area contributed by atoms with Crippen molar-refractivity contribution in [2.75, 3.05) is 19.7 Å². The SMILES string of the molecule is Cc1nc(C2CC2)ccc1C(=O)N1C[C@H](C)O[C@]2(CCO[C@@H](C)C2)C1. The predicted octanol–water partition coefficient (Wildman–Crippen LogP) is 3.07. The van der Waals surface area contributed by atoms with Crippen molar-refractivity contribution in [1.29, 1.82) is 0 Å². The van der Waals surface area contributed by atoms with Gasteiger partial charge in [-0.05, 0) is 45.7 Å². The van der Waals surface area contributed by atoms with Crippen LogP contribution in [-0.2, 0) is 9.47 Å². The van der Waals surface area contributed by atoms with Gasteiger partial charge in [-0.3, -0.25) is 9.78 Å². The predicted molar refractivity (Wildman–Crippen MR) is 94.8 cm³/mol. The highest BCUT2D eigenvalue weighted by molar-refractivity contribution is 5.95. The van der Waals surface area contributed by atoms with Gasteiger partial charge in [0.1, 0.15) is 0 Å². The Balaban J connectivity index is 1.54. The molecule has 1 saturated carbocycles. The van der Waals surface area contributed by atoms with Crippen molar-refractivity contribution in [2.24, 2.45) is 0 Å². The molecule has 136 valence electrons. The van der Waals surface area contributed by atoms with Crippen molar-refractivity contribution < 1.29 is 14.3 Å². The first kappa shape index (κ1) is 17.0. The summed E-state index contributed by atoms with van der Waals surface area (Å²) < 4.78 is 12.0. The topological polar surface area (TPSA) is 51.7 Å². The molecule has 2 saturated heterocycles. The first-order valence-electron chi connectivity index (χ1n) is 9.52. The van der Waals surface area contributed by atoms with Gasteiger partial charge in [0.25, 0.3) is 5.91 Å². The van der Waals surface area contributed by atoms with E-state index in [9.17, 15) is 4.79 Å². The average molecular weight is 344 g/mol. The van der Waals surface area contributed by atoms with Gasteiger partial charge >= 0.3 is 0 Å². The van der Waals surface area contributed by atoms with Gasteiger partial charge in [0.2, 0.25) is 0 Å². The Hall–Kier alpha value is -1.46. The number of aryl methyl sites for hydroxylation is 1. The number of aromatic nitrogens is 1. The summed E-state index contributed by atoms with van der Waals surface area (Å²) in [5.74, 6) is 0.694. The lowest BCUT2D eigenvalue weighted by Gasteiger charge is -2.48. The van der Waals surface area contributed by atoms with E-state index >= 15 is 0 Å². The third kappa shape index (κ3) is 3.44. The number of pyridine rings is 1. The highest BCUT2D eigenvalue weighted by atomic mass is 16.5. The van der Waals surface area contributed by atoms with E-state index in [1.165, 1.54) is 12.8 Å². The Morgan fingerprint density at radius 2 is 2.08 bits per heavy atom. The van der Waals surface area contributed by atoms with E-state index in [2.05, 4.69) is 18.8 Å². The van der Waals surface area contributed by atoms with Gasteiger partial charge < -0.3 is 14.4 Å². The number of morpholine rings is 1. The van der Waals surface area contributed by atoms with Crippen molar-refractivity contribution in [3.05, 3.63) is 29.1 Å². The molecule has 0 radical (unpaired) electrons. The van der Waals surface area contributed by atoms with Crippen molar-refractivity contribution >= 4 is 5.91 Å². The molecule has 3 heterocycles. The highest BCUT2D eigenvalue weighted by Crippen LogP contribution is 2.39. The Morgan fingerprint density at radius 3 is 2.76 bits per heavy atom. The molecule has 1 aliphatic carbocycles. The molecule has 5 heteroatoms. The molecular formula is C20H28N2O3. The van der Waals surface area contributed by atoms with E-state index in [0.29, 0.717) is 25.6 Å². The lowest BCUT2D eigenvalue weighted by atomic mass is 9.88. The van der Waals surface area contributed by atoms with Crippen molar-refractivity contribution in [1.82, 2.24) is 9.88 Å². The maximum atomic E-state index is 13.2. The summed E-state index contributed by atoms with van der Waals surface area (Å²) in [6.07, 6.45) is 4.37. The molecule has 3 atom stereocenters. The van der Waals surface area contributed by atoms with E-state index in [1.807, 2.05) is 24.0 Å². The van der Waals surface area contributed by atoms with Crippen LogP contribution in [-0.4, -0.2) is 53.3 Å².